The molecule has 88 valence electrons. The lowest BCUT2D eigenvalue weighted by molar-refractivity contribution is 0.887. The summed E-state index contributed by atoms with van der Waals surface area (Å²) in [5.41, 5.74) is 9.11. The summed E-state index contributed by atoms with van der Waals surface area (Å²) in [6, 6.07) is 0. The van der Waals surface area contributed by atoms with Gasteiger partial charge in [-0.25, -0.2) is 14.3 Å². The van der Waals surface area contributed by atoms with Gasteiger partial charge in [0.1, 0.15) is 10.8 Å². The van der Waals surface area contributed by atoms with Crippen molar-refractivity contribution in [2.45, 2.75) is 25.3 Å². The van der Waals surface area contributed by atoms with Gasteiger partial charge in [0.25, 0.3) is 5.69 Å². The zero-order valence-corrected chi connectivity index (χ0v) is 10.8. The molecular weight excluding hydrogens is 234 g/mol. The fraction of sp³-hybridized carbons (Fsp3) is 0.364. The number of aromatic nitrogens is 3. The normalized spacial score (nSPS) is 10.7. The smallest absolute Gasteiger partial charge is 0.259 e. The molecule has 0 spiro atoms. The molecule has 0 fully saturated rings. The predicted octanol–water partition coefficient (Wildman–Crippen LogP) is 2.46. The van der Waals surface area contributed by atoms with Gasteiger partial charge in [-0.15, -0.1) is 11.8 Å². The van der Waals surface area contributed by atoms with Crippen molar-refractivity contribution >= 4 is 28.9 Å². The SMILES string of the molecule is [C-]#[N+]c1c(SC)nc2c(C)c(CC)nn2c1N. The van der Waals surface area contributed by atoms with Crippen molar-refractivity contribution in [3.05, 3.63) is 22.7 Å². The van der Waals surface area contributed by atoms with Gasteiger partial charge in [-0.2, -0.15) is 5.10 Å². The van der Waals surface area contributed by atoms with Gasteiger partial charge >= 0.3 is 0 Å². The number of nitrogen functional groups attached to an aromatic ring is 1. The summed E-state index contributed by atoms with van der Waals surface area (Å²) in [5, 5.41) is 5.05. The number of fused-ring (bicyclic) bond motifs is 1. The number of nitrogens with two attached hydrogens (primary N) is 1. The Balaban J connectivity index is 2.89. The Bertz CT molecular complexity index is 623. The first-order valence-electron chi connectivity index (χ1n) is 5.23. The molecule has 6 heteroatoms. The average Bonchev–Trinajstić information content (AvgIpc) is 2.66. The summed E-state index contributed by atoms with van der Waals surface area (Å²) < 4.78 is 1.57. The quantitative estimate of drug-likeness (QED) is 0.503. The third-order valence-corrected chi connectivity index (χ3v) is 3.38. The average molecular weight is 247 g/mol. The Hall–Kier alpha value is -1.74. The van der Waals surface area contributed by atoms with Crippen LogP contribution in [-0.2, 0) is 6.42 Å². The molecular formula is C11H13N5S. The summed E-state index contributed by atoms with van der Waals surface area (Å²) in [6.45, 7) is 11.2. The first kappa shape index (κ1) is 11.7. The maximum Gasteiger partial charge on any atom is 0.259 e. The van der Waals surface area contributed by atoms with Gasteiger partial charge in [-0.3, -0.25) is 0 Å². The number of nitrogens with zero attached hydrogens (tertiary/aromatic N) is 4. The minimum atomic E-state index is 0.372. The van der Waals surface area contributed by atoms with Gasteiger partial charge < -0.3 is 5.73 Å². The molecule has 0 aliphatic carbocycles. The third kappa shape index (κ3) is 1.63. The largest absolute Gasteiger partial charge is 0.392 e. The Morgan fingerprint density at radius 3 is 2.76 bits per heavy atom. The summed E-state index contributed by atoms with van der Waals surface area (Å²) >= 11 is 1.43. The van der Waals surface area contributed by atoms with Gasteiger partial charge in [-0.05, 0) is 19.6 Å². The Morgan fingerprint density at radius 1 is 1.53 bits per heavy atom. The minimum Gasteiger partial charge on any atom is -0.392 e. The van der Waals surface area contributed by atoms with Crippen molar-refractivity contribution in [3.8, 4) is 0 Å². The van der Waals surface area contributed by atoms with Crippen LogP contribution in [0.5, 0.6) is 0 Å². The molecule has 0 bridgehead atoms. The van der Waals surface area contributed by atoms with E-state index in [1.165, 1.54) is 11.8 Å². The minimum absolute atomic E-state index is 0.372. The fourth-order valence-electron chi connectivity index (χ4n) is 1.77. The van der Waals surface area contributed by atoms with E-state index >= 15 is 0 Å². The maximum absolute atomic E-state index is 7.16. The number of aryl methyl sites for hydroxylation is 2. The van der Waals surface area contributed by atoms with E-state index in [4.69, 9.17) is 12.3 Å². The second kappa shape index (κ2) is 4.26. The van der Waals surface area contributed by atoms with Crippen molar-refractivity contribution < 1.29 is 0 Å². The lowest BCUT2D eigenvalue weighted by Gasteiger charge is -2.05. The lowest BCUT2D eigenvalue weighted by Crippen LogP contribution is -2.02. The monoisotopic (exact) mass is 247 g/mol. The summed E-state index contributed by atoms with van der Waals surface area (Å²) in [7, 11) is 0. The van der Waals surface area contributed by atoms with Crippen LogP contribution in [0.15, 0.2) is 5.03 Å². The summed E-state index contributed by atoms with van der Waals surface area (Å²) in [5.74, 6) is 0.372. The van der Waals surface area contributed by atoms with Gasteiger partial charge in [0.15, 0.2) is 5.65 Å². The molecule has 2 heterocycles. The summed E-state index contributed by atoms with van der Waals surface area (Å²) in [6.07, 6.45) is 2.72. The van der Waals surface area contributed by atoms with E-state index in [-0.39, 0.29) is 0 Å². The zero-order valence-electron chi connectivity index (χ0n) is 9.98. The zero-order chi connectivity index (χ0) is 12.6. The van der Waals surface area contributed by atoms with Crippen LogP contribution < -0.4 is 5.73 Å². The Kier molecular flexibility index (Phi) is 2.94. The van der Waals surface area contributed by atoms with E-state index in [9.17, 15) is 0 Å². The highest BCUT2D eigenvalue weighted by Gasteiger charge is 2.17. The molecule has 5 nitrogen and oxygen atoms in total. The van der Waals surface area contributed by atoms with Crippen LogP contribution in [0.4, 0.5) is 11.5 Å². The first-order valence-corrected chi connectivity index (χ1v) is 6.45. The predicted molar refractivity (Wildman–Crippen MR) is 69.6 cm³/mol. The third-order valence-electron chi connectivity index (χ3n) is 2.71. The first-order chi connectivity index (χ1) is 8.13. The highest BCUT2D eigenvalue weighted by atomic mass is 32.2. The molecule has 0 saturated carbocycles. The van der Waals surface area contributed by atoms with Crippen LogP contribution in [0.1, 0.15) is 18.2 Å². The molecule has 2 aromatic heterocycles. The number of rotatable bonds is 2. The number of anilines is 1. The van der Waals surface area contributed by atoms with Crippen LogP contribution in [0, 0.1) is 13.5 Å². The molecule has 0 unspecified atom stereocenters. The summed E-state index contributed by atoms with van der Waals surface area (Å²) in [4.78, 5) is 7.90. The molecule has 0 aliphatic heterocycles. The number of hydrogen-bond acceptors (Lipinski definition) is 4. The van der Waals surface area contributed by atoms with Crippen molar-refractivity contribution in [2.24, 2.45) is 0 Å². The topological polar surface area (TPSA) is 60.6 Å². The number of hydrogen-bond donors (Lipinski definition) is 1. The second-order valence-corrected chi connectivity index (χ2v) is 4.42. The molecule has 2 rings (SSSR count). The molecule has 2 aromatic rings. The van der Waals surface area contributed by atoms with E-state index in [1.807, 2.05) is 20.1 Å². The highest BCUT2D eigenvalue weighted by Crippen LogP contribution is 2.33. The van der Waals surface area contributed by atoms with Gasteiger partial charge in [0, 0.05) is 5.56 Å². The van der Waals surface area contributed by atoms with Crippen LogP contribution >= 0.6 is 11.8 Å². The van der Waals surface area contributed by atoms with Crippen molar-refractivity contribution in [1.29, 1.82) is 0 Å². The van der Waals surface area contributed by atoms with Crippen LogP contribution in [-0.4, -0.2) is 20.9 Å². The van der Waals surface area contributed by atoms with Crippen molar-refractivity contribution in [3.63, 3.8) is 0 Å². The maximum atomic E-state index is 7.16. The molecule has 0 aromatic carbocycles. The standard InChI is InChI=1S/C11H13N5S/c1-5-7-6(2)10-14-11(17-4)8(13-3)9(12)16(10)15-7/h5,12H2,1-2,4H3. The van der Waals surface area contributed by atoms with Gasteiger partial charge in [0.05, 0.1) is 12.3 Å². The van der Waals surface area contributed by atoms with Crippen LogP contribution in [0.25, 0.3) is 10.5 Å². The Morgan fingerprint density at radius 2 is 2.24 bits per heavy atom. The van der Waals surface area contributed by atoms with E-state index < -0.39 is 0 Å². The van der Waals surface area contributed by atoms with Gasteiger partial charge in [0.2, 0.25) is 0 Å². The van der Waals surface area contributed by atoms with E-state index in [0.717, 1.165) is 23.3 Å². The van der Waals surface area contributed by atoms with E-state index in [2.05, 4.69) is 14.9 Å². The lowest BCUT2D eigenvalue weighted by atomic mass is 10.2. The van der Waals surface area contributed by atoms with Crippen molar-refractivity contribution in [1.82, 2.24) is 14.6 Å². The molecule has 0 amide bonds. The Labute approximate surface area is 104 Å². The van der Waals surface area contributed by atoms with E-state index in [0.29, 0.717) is 16.5 Å². The van der Waals surface area contributed by atoms with Gasteiger partial charge in [-0.1, -0.05) is 6.92 Å². The molecule has 0 atom stereocenters. The van der Waals surface area contributed by atoms with Crippen molar-refractivity contribution in [2.75, 3.05) is 12.0 Å². The molecule has 17 heavy (non-hydrogen) atoms. The van der Waals surface area contributed by atoms with Crippen LogP contribution in [0.3, 0.4) is 0 Å². The van der Waals surface area contributed by atoms with Crippen LogP contribution in [0.2, 0.25) is 0 Å². The molecule has 0 radical (unpaired) electrons. The molecule has 0 saturated heterocycles. The molecule has 2 N–H and O–H groups in total. The highest BCUT2D eigenvalue weighted by molar-refractivity contribution is 7.98. The molecule has 0 aliphatic rings. The number of thioether (sulfide) groups is 1. The second-order valence-electron chi connectivity index (χ2n) is 3.63. The van der Waals surface area contributed by atoms with E-state index in [1.54, 1.807) is 4.52 Å². The fourth-order valence-corrected chi connectivity index (χ4v) is 2.29.